The minimum atomic E-state index is -3.89. The van der Waals surface area contributed by atoms with Crippen LogP contribution in [0, 0.1) is 12.7 Å². The van der Waals surface area contributed by atoms with E-state index in [1.165, 1.54) is 6.07 Å². The van der Waals surface area contributed by atoms with Crippen molar-refractivity contribution >= 4 is 38.6 Å². The number of benzene rings is 1. The fourth-order valence-electron chi connectivity index (χ4n) is 1.73. The first-order valence-corrected chi connectivity index (χ1v) is 8.25. The van der Waals surface area contributed by atoms with Gasteiger partial charge >= 0.3 is 0 Å². The van der Waals surface area contributed by atoms with Crippen LogP contribution < -0.4 is 4.72 Å². The van der Waals surface area contributed by atoms with Gasteiger partial charge in [-0.15, -0.1) is 11.3 Å². The molecule has 4 nitrogen and oxygen atoms in total. The molecule has 0 amide bonds. The van der Waals surface area contributed by atoms with Gasteiger partial charge in [0, 0.05) is 0 Å². The molecule has 0 aliphatic heterocycles. The fraction of sp³-hybridized carbons (Fsp3) is 0.167. The van der Waals surface area contributed by atoms with Gasteiger partial charge in [-0.1, -0.05) is 11.6 Å². The van der Waals surface area contributed by atoms with E-state index in [4.69, 9.17) is 11.6 Å². The van der Waals surface area contributed by atoms with Crippen molar-refractivity contribution in [2.24, 2.45) is 0 Å². The lowest BCUT2D eigenvalue weighted by atomic mass is 10.3. The monoisotopic (exact) mass is 335 g/mol. The highest BCUT2D eigenvalue weighted by Gasteiger charge is 2.23. The van der Waals surface area contributed by atoms with Crippen molar-refractivity contribution < 1.29 is 17.9 Å². The minimum Gasteiger partial charge on any atom is -0.391 e. The van der Waals surface area contributed by atoms with Gasteiger partial charge in [-0.05, 0) is 36.1 Å². The number of sulfonamides is 1. The van der Waals surface area contributed by atoms with E-state index in [-0.39, 0.29) is 22.2 Å². The molecular weight excluding hydrogens is 325 g/mol. The fourth-order valence-corrected chi connectivity index (χ4v) is 4.74. The van der Waals surface area contributed by atoms with Crippen molar-refractivity contribution in [2.75, 3.05) is 4.72 Å². The molecule has 0 fully saturated rings. The largest absolute Gasteiger partial charge is 0.391 e. The molecule has 1 heterocycles. The van der Waals surface area contributed by atoms with Crippen LogP contribution in [-0.4, -0.2) is 13.5 Å². The Morgan fingerprint density at radius 2 is 2.15 bits per heavy atom. The van der Waals surface area contributed by atoms with Crippen molar-refractivity contribution in [1.82, 2.24) is 0 Å². The third kappa shape index (κ3) is 2.95. The molecule has 0 spiro atoms. The molecule has 0 atom stereocenters. The van der Waals surface area contributed by atoms with Gasteiger partial charge in [0.05, 0.1) is 22.2 Å². The highest BCUT2D eigenvalue weighted by atomic mass is 35.5. The van der Waals surface area contributed by atoms with E-state index >= 15 is 0 Å². The zero-order valence-electron chi connectivity index (χ0n) is 10.4. The smallest absolute Gasteiger partial charge is 0.263 e. The van der Waals surface area contributed by atoms with Gasteiger partial charge in [0.1, 0.15) is 10.7 Å². The summed E-state index contributed by atoms with van der Waals surface area (Å²) < 4.78 is 39.9. The van der Waals surface area contributed by atoms with Gasteiger partial charge in [-0.3, -0.25) is 4.72 Å². The van der Waals surface area contributed by atoms with Crippen LogP contribution in [0.3, 0.4) is 0 Å². The van der Waals surface area contributed by atoms with E-state index in [2.05, 4.69) is 4.72 Å². The second kappa shape index (κ2) is 5.69. The van der Waals surface area contributed by atoms with Gasteiger partial charge < -0.3 is 5.11 Å². The first-order valence-electron chi connectivity index (χ1n) is 5.51. The molecule has 0 saturated heterocycles. The average molecular weight is 336 g/mol. The van der Waals surface area contributed by atoms with Crippen LogP contribution in [-0.2, 0) is 16.6 Å². The Labute approximate surface area is 124 Å². The number of hydrogen-bond donors (Lipinski definition) is 2. The molecule has 0 saturated carbocycles. The quantitative estimate of drug-likeness (QED) is 0.902. The van der Waals surface area contributed by atoms with Crippen LogP contribution in [0.2, 0.25) is 5.02 Å². The van der Waals surface area contributed by atoms with Crippen LogP contribution >= 0.6 is 22.9 Å². The number of hydrogen-bond acceptors (Lipinski definition) is 4. The maximum atomic E-state index is 12.9. The summed E-state index contributed by atoms with van der Waals surface area (Å²) in [6, 6.07) is 3.37. The molecule has 20 heavy (non-hydrogen) atoms. The van der Waals surface area contributed by atoms with E-state index in [1.54, 1.807) is 12.3 Å². The molecule has 1 aromatic heterocycles. The Bertz CT molecular complexity index is 743. The van der Waals surface area contributed by atoms with Gasteiger partial charge in [0.2, 0.25) is 0 Å². The molecule has 2 rings (SSSR count). The molecular formula is C12H11ClFNO3S2. The lowest BCUT2D eigenvalue weighted by Crippen LogP contribution is -2.15. The molecule has 0 aliphatic carbocycles. The normalized spacial score (nSPS) is 11.6. The number of rotatable bonds is 4. The Kier molecular flexibility index (Phi) is 4.33. The van der Waals surface area contributed by atoms with Crippen LogP contribution in [0.4, 0.5) is 10.1 Å². The molecule has 8 heteroatoms. The van der Waals surface area contributed by atoms with Crippen molar-refractivity contribution in [2.45, 2.75) is 18.4 Å². The third-order valence-electron chi connectivity index (χ3n) is 2.58. The highest BCUT2D eigenvalue weighted by molar-refractivity contribution is 7.93. The summed E-state index contributed by atoms with van der Waals surface area (Å²) in [7, 11) is -3.89. The lowest BCUT2D eigenvalue weighted by Gasteiger charge is -2.10. The number of halogens is 2. The summed E-state index contributed by atoms with van der Waals surface area (Å²) in [6.45, 7) is 1.27. The van der Waals surface area contributed by atoms with Crippen LogP contribution in [0.5, 0.6) is 0 Å². The van der Waals surface area contributed by atoms with E-state index in [0.717, 1.165) is 23.5 Å². The highest BCUT2D eigenvalue weighted by Crippen LogP contribution is 2.30. The molecule has 108 valence electrons. The van der Waals surface area contributed by atoms with Crippen molar-refractivity contribution in [3.8, 4) is 0 Å². The molecule has 2 N–H and O–H groups in total. The standard InChI is InChI=1S/C12H11ClFNO3S2/c1-7-6-19-11(5-16)12(7)20(17,18)15-10-3-2-8(14)4-9(10)13/h2-4,6,15-16H,5H2,1H3. The number of aliphatic hydroxyl groups excluding tert-OH is 1. The zero-order chi connectivity index (χ0) is 14.9. The minimum absolute atomic E-state index is 0.0328. The zero-order valence-corrected chi connectivity index (χ0v) is 12.7. The van der Waals surface area contributed by atoms with E-state index in [1.807, 2.05) is 0 Å². The summed E-state index contributed by atoms with van der Waals surface area (Å²) in [5.74, 6) is -0.555. The van der Waals surface area contributed by atoms with Gasteiger partial charge in [0.25, 0.3) is 10.0 Å². The number of aryl methyl sites for hydroxylation is 1. The molecule has 0 radical (unpaired) electrons. The van der Waals surface area contributed by atoms with Crippen LogP contribution in [0.15, 0.2) is 28.5 Å². The van der Waals surface area contributed by atoms with Crippen LogP contribution in [0.1, 0.15) is 10.4 Å². The van der Waals surface area contributed by atoms with Gasteiger partial charge in [-0.25, -0.2) is 12.8 Å². The van der Waals surface area contributed by atoms with Gasteiger partial charge in [0.15, 0.2) is 0 Å². The predicted molar refractivity (Wildman–Crippen MR) is 77.2 cm³/mol. The molecule has 0 unspecified atom stereocenters. The van der Waals surface area contributed by atoms with Crippen molar-refractivity contribution in [3.63, 3.8) is 0 Å². The van der Waals surface area contributed by atoms with Crippen molar-refractivity contribution in [1.29, 1.82) is 0 Å². The number of thiophene rings is 1. The Hall–Kier alpha value is -1.15. The van der Waals surface area contributed by atoms with E-state index in [0.29, 0.717) is 10.4 Å². The topological polar surface area (TPSA) is 66.4 Å². The van der Waals surface area contributed by atoms with Gasteiger partial charge in [-0.2, -0.15) is 0 Å². The van der Waals surface area contributed by atoms with Crippen molar-refractivity contribution in [3.05, 3.63) is 44.9 Å². The molecule has 0 bridgehead atoms. The third-order valence-corrected chi connectivity index (χ3v) is 5.70. The molecule has 0 aliphatic rings. The maximum Gasteiger partial charge on any atom is 0.263 e. The summed E-state index contributed by atoms with van der Waals surface area (Å²) >= 11 is 6.95. The van der Waals surface area contributed by atoms with E-state index < -0.39 is 15.8 Å². The maximum absolute atomic E-state index is 12.9. The lowest BCUT2D eigenvalue weighted by molar-refractivity contribution is 0.282. The average Bonchev–Trinajstić information content (AvgIpc) is 2.75. The first kappa shape index (κ1) is 15.2. The first-order chi connectivity index (χ1) is 9.35. The predicted octanol–water partition coefficient (Wildman–Crippen LogP) is 3.14. The van der Waals surface area contributed by atoms with Crippen LogP contribution in [0.25, 0.3) is 0 Å². The Morgan fingerprint density at radius 3 is 2.75 bits per heavy atom. The Balaban J connectivity index is 2.43. The summed E-state index contributed by atoms with van der Waals surface area (Å²) in [5.41, 5.74) is 0.618. The summed E-state index contributed by atoms with van der Waals surface area (Å²) in [5, 5.41) is 10.8. The summed E-state index contributed by atoms with van der Waals surface area (Å²) in [4.78, 5) is 0.374. The number of nitrogens with one attached hydrogen (secondary N) is 1. The second-order valence-corrected chi connectivity index (χ2v) is 7.05. The number of anilines is 1. The second-order valence-electron chi connectivity index (χ2n) is 4.06. The molecule has 1 aromatic carbocycles. The Morgan fingerprint density at radius 1 is 1.45 bits per heavy atom. The van der Waals surface area contributed by atoms with E-state index in [9.17, 15) is 17.9 Å². The molecule has 2 aromatic rings. The number of aliphatic hydroxyl groups is 1. The SMILES string of the molecule is Cc1csc(CO)c1S(=O)(=O)Nc1ccc(F)cc1Cl. The summed E-state index contributed by atoms with van der Waals surface area (Å²) in [6.07, 6.45) is 0.